The summed E-state index contributed by atoms with van der Waals surface area (Å²) in [5.41, 5.74) is 6.15. The maximum Gasteiger partial charge on any atom is 0.229 e. The number of hydrogen-bond acceptors (Lipinski definition) is 2. The number of rotatable bonds is 3. The van der Waals surface area contributed by atoms with Gasteiger partial charge in [-0.2, -0.15) is 0 Å². The zero-order valence-corrected chi connectivity index (χ0v) is 15.2. The lowest BCUT2D eigenvalue weighted by Gasteiger charge is -2.20. The average Bonchev–Trinajstić information content (AvgIpc) is 2.94. The Morgan fingerprint density at radius 2 is 1.84 bits per heavy atom. The predicted octanol–water partition coefficient (Wildman–Crippen LogP) is 3.91. The van der Waals surface area contributed by atoms with Crippen LogP contribution in [0.15, 0.2) is 36.4 Å². The summed E-state index contributed by atoms with van der Waals surface area (Å²) in [7, 11) is 0. The Hall–Kier alpha value is -2.62. The van der Waals surface area contributed by atoms with E-state index in [1.807, 2.05) is 64.1 Å². The third-order valence-electron chi connectivity index (χ3n) is 5.00. The highest BCUT2D eigenvalue weighted by Gasteiger charge is 2.35. The molecule has 3 rings (SSSR count). The highest BCUT2D eigenvalue weighted by molar-refractivity contribution is 6.04. The van der Waals surface area contributed by atoms with Crippen LogP contribution < -0.4 is 10.2 Å². The minimum absolute atomic E-state index is 0.00878. The van der Waals surface area contributed by atoms with E-state index in [1.54, 1.807) is 4.90 Å². The van der Waals surface area contributed by atoms with Crippen molar-refractivity contribution in [1.82, 2.24) is 0 Å². The quantitative estimate of drug-likeness (QED) is 0.924. The van der Waals surface area contributed by atoms with Crippen LogP contribution in [0.4, 0.5) is 11.4 Å². The van der Waals surface area contributed by atoms with E-state index in [0.29, 0.717) is 6.54 Å². The van der Waals surface area contributed by atoms with Crippen molar-refractivity contribution in [2.75, 3.05) is 16.8 Å². The number of anilines is 2. The maximum absolute atomic E-state index is 12.6. The van der Waals surface area contributed by atoms with Gasteiger partial charge in [-0.15, -0.1) is 0 Å². The van der Waals surface area contributed by atoms with Crippen LogP contribution in [0.1, 0.15) is 28.7 Å². The standard InChI is InChI=1S/C21H24N2O2/c1-13-8-9-18(15(3)10-13)22-21(25)17-11-20(24)23(12-17)19-7-5-6-14(2)16(19)4/h5-10,17H,11-12H2,1-4H3,(H,22,25)/t17-/m1/s1. The summed E-state index contributed by atoms with van der Waals surface area (Å²) in [6.45, 7) is 8.48. The molecule has 0 aliphatic carbocycles. The fourth-order valence-corrected chi connectivity index (χ4v) is 3.33. The second-order valence-electron chi connectivity index (χ2n) is 6.93. The first kappa shape index (κ1) is 17.2. The number of benzene rings is 2. The van der Waals surface area contributed by atoms with Gasteiger partial charge in [-0.25, -0.2) is 0 Å². The zero-order valence-electron chi connectivity index (χ0n) is 15.2. The molecule has 1 N–H and O–H groups in total. The first-order chi connectivity index (χ1) is 11.9. The van der Waals surface area contributed by atoms with Crippen LogP contribution in [0.25, 0.3) is 0 Å². The molecule has 1 aliphatic heterocycles. The first-order valence-electron chi connectivity index (χ1n) is 8.61. The second-order valence-corrected chi connectivity index (χ2v) is 6.93. The Morgan fingerprint density at radius 3 is 2.56 bits per heavy atom. The van der Waals surface area contributed by atoms with Crippen LogP contribution in [0.2, 0.25) is 0 Å². The van der Waals surface area contributed by atoms with Gasteiger partial charge >= 0.3 is 0 Å². The maximum atomic E-state index is 12.6. The highest BCUT2D eigenvalue weighted by atomic mass is 16.2. The molecule has 1 saturated heterocycles. The molecule has 2 aromatic rings. The lowest BCUT2D eigenvalue weighted by atomic mass is 10.1. The monoisotopic (exact) mass is 336 g/mol. The smallest absolute Gasteiger partial charge is 0.229 e. The minimum atomic E-state index is -0.326. The molecule has 0 unspecified atom stereocenters. The highest BCUT2D eigenvalue weighted by Crippen LogP contribution is 2.30. The molecule has 0 aromatic heterocycles. The fourth-order valence-electron chi connectivity index (χ4n) is 3.33. The Balaban J connectivity index is 1.75. The van der Waals surface area contributed by atoms with E-state index < -0.39 is 0 Å². The number of amides is 2. The molecule has 1 atom stereocenters. The van der Waals surface area contributed by atoms with Crippen LogP contribution in [0.5, 0.6) is 0 Å². The molecular formula is C21H24N2O2. The molecular weight excluding hydrogens is 312 g/mol. The Kier molecular flexibility index (Phi) is 4.62. The molecule has 1 aliphatic rings. The number of carbonyl (C=O) groups excluding carboxylic acids is 2. The summed E-state index contributed by atoms with van der Waals surface area (Å²) < 4.78 is 0. The molecule has 4 heteroatoms. The lowest BCUT2D eigenvalue weighted by Crippen LogP contribution is -2.28. The van der Waals surface area contributed by atoms with E-state index in [0.717, 1.165) is 33.6 Å². The summed E-state index contributed by atoms with van der Waals surface area (Å²) in [6, 6.07) is 11.9. The van der Waals surface area contributed by atoms with Crippen molar-refractivity contribution in [3.8, 4) is 0 Å². The van der Waals surface area contributed by atoms with Crippen molar-refractivity contribution in [3.63, 3.8) is 0 Å². The topological polar surface area (TPSA) is 49.4 Å². The summed E-state index contributed by atoms with van der Waals surface area (Å²) in [4.78, 5) is 26.8. The van der Waals surface area contributed by atoms with Gasteiger partial charge in [-0.3, -0.25) is 9.59 Å². The molecule has 1 fully saturated rings. The molecule has 2 aromatic carbocycles. The van der Waals surface area contributed by atoms with Crippen LogP contribution >= 0.6 is 0 Å². The number of carbonyl (C=O) groups is 2. The van der Waals surface area contributed by atoms with Crippen LogP contribution in [-0.2, 0) is 9.59 Å². The minimum Gasteiger partial charge on any atom is -0.326 e. The van der Waals surface area contributed by atoms with Crippen molar-refractivity contribution >= 4 is 23.2 Å². The molecule has 25 heavy (non-hydrogen) atoms. The fraction of sp³-hybridized carbons (Fsp3) is 0.333. The van der Waals surface area contributed by atoms with E-state index in [4.69, 9.17) is 0 Å². The van der Waals surface area contributed by atoms with Gasteiger partial charge in [0.25, 0.3) is 0 Å². The number of aryl methyl sites for hydroxylation is 3. The second kappa shape index (κ2) is 6.71. The van der Waals surface area contributed by atoms with Crippen molar-refractivity contribution in [3.05, 3.63) is 58.7 Å². The van der Waals surface area contributed by atoms with Gasteiger partial charge < -0.3 is 10.2 Å². The number of nitrogens with zero attached hydrogens (tertiary/aromatic N) is 1. The Bertz CT molecular complexity index is 842. The molecule has 2 amide bonds. The number of hydrogen-bond donors (Lipinski definition) is 1. The van der Waals surface area contributed by atoms with Crippen LogP contribution in [-0.4, -0.2) is 18.4 Å². The number of nitrogens with one attached hydrogen (secondary N) is 1. The third kappa shape index (κ3) is 3.43. The summed E-state index contributed by atoms with van der Waals surface area (Å²) in [5.74, 6) is -0.407. The van der Waals surface area contributed by atoms with Gasteiger partial charge in [0, 0.05) is 24.3 Å². The Labute approximate surface area is 148 Å². The lowest BCUT2D eigenvalue weighted by molar-refractivity contribution is -0.122. The largest absolute Gasteiger partial charge is 0.326 e. The summed E-state index contributed by atoms with van der Waals surface area (Å²) in [6.07, 6.45) is 0.254. The van der Waals surface area contributed by atoms with Crippen molar-refractivity contribution < 1.29 is 9.59 Å². The SMILES string of the molecule is Cc1ccc(NC(=O)[C@@H]2CC(=O)N(c3cccc(C)c3C)C2)c(C)c1. The van der Waals surface area contributed by atoms with Gasteiger partial charge in [0.15, 0.2) is 0 Å². The van der Waals surface area contributed by atoms with E-state index >= 15 is 0 Å². The van der Waals surface area contributed by atoms with Gasteiger partial charge in [-0.05, 0) is 56.5 Å². The van der Waals surface area contributed by atoms with Gasteiger partial charge in [-0.1, -0.05) is 29.8 Å². The molecule has 0 radical (unpaired) electrons. The van der Waals surface area contributed by atoms with Crippen molar-refractivity contribution in [2.24, 2.45) is 5.92 Å². The molecule has 4 nitrogen and oxygen atoms in total. The molecule has 0 spiro atoms. The molecule has 1 heterocycles. The summed E-state index contributed by atoms with van der Waals surface area (Å²) >= 11 is 0. The van der Waals surface area contributed by atoms with Crippen molar-refractivity contribution in [2.45, 2.75) is 34.1 Å². The third-order valence-corrected chi connectivity index (χ3v) is 5.00. The van der Waals surface area contributed by atoms with E-state index in [9.17, 15) is 9.59 Å². The van der Waals surface area contributed by atoms with E-state index in [2.05, 4.69) is 5.32 Å². The Morgan fingerprint density at radius 1 is 1.08 bits per heavy atom. The predicted molar refractivity (Wildman–Crippen MR) is 101 cm³/mol. The van der Waals surface area contributed by atoms with Crippen LogP contribution in [0, 0.1) is 33.6 Å². The van der Waals surface area contributed by atoms with E-state index in [1.165, 1.54) is 0 Å². The normalized spacial score (nSPS) is 17.0. The zero-order chi connectivity index (χ0) is 18.1. The van der Waals surface area contributed by atoms with Gasteiger partial charge in [0.1, 0.15) is 0 Å². The van der Waals surface area contributed by atoms with E-state index in [-0.39, 0.29) is 24.2 Å². The van der Waals surface area contributed by atoms with Gasteiger partial charge in [0.2, 0.25) is 11.8 Å². The van der Waals surface area contributed by atoms with Crippen molar-refractivity contribution in [1.29, 1.82) is 0 Å². The molecule has 0 saturated carbocycles. The summed E-state index contributed by atoms with van der Waals surface area (Å²) in [5, 5.41) is 2.98. The molecule has 0 bridgehead atoms. The first-order valence-corrected chi connectivity index (χ1v) is 8.61. The van der Waals surface area contributed by atoms with Gasteiger partial charge in [0.05, 0.1) is 5.92 Å². The van der Waals surface area contributed by atoms with Crippen LogP contribution in [0.3, 0.4) is 0 Å². The molecule has 130 valence electrons. The average molecular weight is 336 g/mol.